The Kier molecular flexibility index (Phi) is 4.55. The molecule has 0 spiro atoms. The number of piperidine rings is 1. The van der Waals surface area contributed by atoms with Gasteiger partial charge in [-0.2, -0.15) is 0 Å². The van der Waals surface area contributed by atoms with Crippen LogP contribution >= 0.6 is 0 Å². The first-order chi connectivity index (χ1) is 11.0. The van der Waals surface area contributed by atoms with Gasteiger partial charge in [0.05, 0.1) is 0 Å². The van der Waals surface area contributed by atoms with Gasteiger partial charge in [-0.25, -0.2) is 0 Å². The van der Waals surface area contributed by atoms with Crippen molar-refractivity contribution in [3.8, 4) is 0 Å². The maximum atomic E-state index is 12.2. The van der Waals surface area contributed by atoms with Gasteiger partial charge in [-0.15, -0.1) is 0 Å². The van der Waals surface area contributed by atoms with Gasteiger partial charge >= 0.3 is 0 Å². The topological polar surface area (TPSA) is 76.5 Å². The van der Waals surface area contributed by atoms with Crippen molar-refractivity contribution in [1.82, 2.24) is 4.90 Å². The molecule has 23 heavy (non-hydrogen) atoms. The first kappa shape index (κ1) is 15.8. The van der Waals surface area contributed by atoms with Gasteiger partial charge < -0.3 is 15.1 Å². The molecule has 5 nitrogen and oxygen atoms in total. The van der Waals surface area contributed by atoms with Gasteiger partial charge in [0.1, 0.15) is 11.5 Å². The molecule has 0 aromatic carbocycles. The van der Waals surface area contributed by atoms with Crippen molar-refractivity contribution in [1.29, 1.82) is 0 Å². The average Bonchev–Trinajstić information content (AvgIpc) is 3.07. The zero-order chi connectivity index (χ0) is 16.4. The Morgan fingerprint density at radius 3 is 2.65 bits per heavy atom. The van der Waals surface area contributed by atoms with Crippen LogP contribution in [0, 0.1) is 11.8 Å². The molecule has 2 fully saturated rings. The number of nitrogens with zero attached hydrogens (tertiary/aromatic N) is 1. The van der Waals surface area contributed by atoms with Crippen LogP contribution in [0.1, 0.15) is 50.0 Å². The van der Waals surface area contributed by atoms with E-state index in [2.05, 4.69) is 6.92 Å². The van der Waals surface area contributed by atoms with Gasteiger partial charge in [0.15, 0.2) is 0 Å². The fourth-order valence-electron chi connectivity index (χ4n) is 3.28. The van der Waals surface area contributed by atoms with Crippen molar-refractivity contribution in [2.75, 3.05) is 13.1 Å². The number of amides is 2. The smallest absolute Gasteiger partial charge is 0.246 e. The second-order valence-corrected chi connectivity index (χ2v) is 6.83. The zero-order valence-electron chi connectivity index (χ0n) is 13.5. The first-order valence-electron chi connectivity index (χ1n) is 8.38. The van der Waals surface area contributed by atoms with Crippen LogP contribution in [0.2, 0.25) is 0 Å². The van der Waals surface area contributed by atoms with Crippen LogP contribution in [0.5, 0.6) is 0 Å². The van der Waals surface area contributed by atoms with E-state index in [1.54, 1.807) is 12.2 Å². The minimum atomic E-state index is -0.256. The number of hydrogen-bond acceptors (Lipinski definition) is 3. The van der Waals surface area contributed by atoms with E-state index in [0.717, 1.165) is 24.4 Å². The van der Waals surface area contributed by atoms with E-state index in [9.17, 15) is 9.59 Å². The second-order valence-electron chi connectivity index (χ2n) is 6.83. The Morgan fingerprint density at radius 1 is 1.35 bits per heavy atom. The molecule has 1 aliphatic heterocycles. The molecule has 2 atom stereocenters. The molecular formula is C18H24N2O3. The van der Waals surface area contributed by atoms with Crippen molar-refractivity contribution >= 4 is 17.9 Å². The molecule has 124 valence electrons. The number of likely N-dealkylation sites (tertiary alicyclic amines) is 1. The molecule has 1 aliphatic carbocycles. The number of primary amides is 1. The lowest BCUT2D eigenvalue weighted by molar-refractivity contribution is -0.127. The third-order valence-corrected chi connectivity index (χ3v) is 4.93. The Bertz CT molecular complexity index is 612. The van der Waals surface area contributed by atoms with Crippen LogP contribution in [-0.2, 0) is 9.59 Å². The molecular weight excluding hydrogens is 292 g/mol. The fraction of sp³-hybridized carbons (Fsp3) is 0.556. The molecule has 0 radical (unpaired) electrons. The highest BCUT2D eigenvalue weighted by Gasteiger charge is 2.36. The SMILES string of the molecule is C[C@@H]1C[C@@H]1c1ccc(/C=C/C(=O)N2CCC(CC(N)=O)CC2)o1. The quantitative estimate of drug-likeness (QED) is 0.848. The Morgan fingerprint density at radius 2 is 2.04 bits per heavy atom. The van der Waals surface area contributed by atoms with Crippen molar-refractivity contribution in [3.05, 3.63) is 29.7 Å². The van der Waals surface area contributed by atoms with Crippen molar-refractivity contribution in [3.63, 3.8) is 0 Å². The standard InChI is InChI=1S/C18H24N2O3/c1-12-10-15(12)16-4-2-14(23-16)3-5-18(22)20-8-6-13(7-9-20)11-17(19)21/h2-5,12-13,15H,6-11H2,1H3,(H2,19,21)/b5-3+/t12-,15+/m1/s1. The zero-order valence-corrected chi connectivity index (χ0v) is 13.5. The highest BCUT2D eigenvalue weighted by Crippen LogP contribution is 2.47. The summed E-state index contributed by atoms with van der Waals surface area (Å²) in [5, 5.41) is 0. The van der Waals surface area contributed by atoms with E-state index >= 15 is 0 Å². The summed E-state index contributed by atoms with van der Waals surface area (Å²) in [7, 11) is 0. The van der Waals surface area contributed by atoms with Gasteiger partial charge in [-0.1, -0.05) is 6.92 Å². The Balaban J connectivity index is 1.49. The summed E-state index contributed by atoms with van der Waals surface area (Å²) in [6.07, 6.45) is 6.62. The molecule has 5 heteroatoms. The number of rotatable bonds is 5. The third kappa shape index (κ3) is 4.03. The van der Waals surface area contributed by atoms with E-state index in [1.165, 1.54) is 6.42 Å². The van der Waals surface area contributed by atoms with Crippen LogP contribution < -0.4 is 5.73 Å². The average molecular weight is 316 g/mol. The maximum absolute atomic E-state index is 12.2. The van der Waals surface area contributed by atoms with E-state index < -0.39 is 0 Å². The van der Waals surface area contributed by atoms with Crippen LogP contribution in [0.15, 0.2) is 22.6 Å². The highest BCUT2D eigenvalue weighted by atomic mass is 16.3. The highest BCUT2D eigenvalue weighted by molar-refractivity contribution is 5.91. The van der Waals surface area contributed by atoms with Crippen LogP contribution in [0.3, 0.4) is 0 Å². The van der Waals surface area contributed by atoms with Crippen LogP contribution in [0.4, 0.5) is 0 Å². The number of carbonyl (C=O) groups excluding carboxylic acids is 2. The van der Waals surface area contributed by atoms with Gasteiger partial charge in [0, 0.05) is 31.5 Å². The number of nitrogens with two attached hydrogens (primary N) is 1. The third-order valence-electron chi connectivity index (χ3n) is 4.93. The molecule has 2 amide bonds. The van der Waals surface area contributed by atoms with Crippen molar-refractivity contribution in [2.24, 2.45) is 17.6 Å². The first-order valence-corrected chi connectivity index (χ1v) is 8.38. The monoisotopic (exact) mass is 316 g/mol. The molecule has 0 unspecified atom stereocenters. The van der Waals surface area contributed by atoms with E-state index in [1.807, 2.05) is 17.0 Å². The van der Waals surface area contributed by atoms with Crippen molar-refractivity contribution < 1.29 is 14.0 Å². The Hall–Kier alpha value is -2.04. The summed E-state index contributed by atoms with van der Waals surface area (Å²) in [6.45, 7) is 3.59. The van der Waals surface area contributed by atoms with Crippen molar-refractivity contribution in [2.45, 2.75) is 38.5 Å². The fourth-order valence-corrected chi connectivity index (χ4v) is 3.28. The lowest BCUT2D eigenvalue weighted by atomic mass is 9.93. The molecule has 1 aromatic heterocycles. The summed E-state index contributed by atoms with van der Waals surface area (Å²) in [5.74, 6) is 3.08. The molecule has 2 aliphatic rings. The van der Waals surface area contributed by atoms with Gasteiger partial charge in [-0.3, -0.25) is 9.59 Å². The normalized spacial score (nSPS) is 25.0. The molecule has 0 bridgehead atoms. The summed E-state index contributed by atoms with van der Waals surface area (Å²) in [5.41, 5.74) is 5.22. The lowest BCUT2D eigenvalue weighted by Gasteiger charge is -2.30. The minimum absolute atomic E-state index is 0.000245. The largest absolute Gasteiger partial charge is 0.461 e. The molecule has 2 heterocycles. The molecule has 1 saturated heterocycles. The predicted octanol–water partition coefficient (Wildman–Crippen LogP) is 2.53. The Labute approximate surface area is 136 Å². The molecule has 1 saturated carbocycles. The lowest BCUT2D eigenvalue weighted by Crippen LogP contribution is -2.38. The summed E-state index contributed by atoms with van der Waals surface area (Å²) < 4.78 is 5.77. The molecule has 3 rings (SSSR count). The van der Waals surface area contributed by atoms with E-state index in [-0.39, 0.29) is 11.8 Å². The second kappa shape index (κ2) is 6.60. The van der Waals surface area contributed by atoms with Gasteiger partial charge in [0.25, 0.3) is 0 Å². The summed E-state index contributed by atoms with van der Waals surface area (Å²) in [4.78, 5) is 25.0. The van der Waals surface area contributed by atoms with E-state index in [4.69, 9.17) is 10.2 Å². The van der Waals surface area contributed by atoms with Crippen LogP contribution in [0.25, 0.3) is 6.08 Å². The minimum Gasteiger partial charge on any atom is -0.461 e. The summed E-state index contributed by atoms with van der Waals surface area (Å²) in [6, 6.07) is 3.93. The van der Waals surface area contributed by atoms with Crippen LogP contribution in [-0.4, -0.2) is 29.8 Å². The maximum Gasteiger partial charge on any atom is 0.246 e. The van der Waals surface area contributed by atoms with Gasteiger partial charge in [0.2, 0.25) is 11.8 Å². The number of furan rings is 1. The molecule has 1 aromatic rings. The number of hydrogen-bond donors (Lipinski definition) is 1. The summed E-state index contributed by atoms with van der Waals surface area (Å²) >= 11 is 0. The molecule has 2 N–H and O–H groups in total. The van der Waals surface area contributed by atoms with E-state index in [0.29, 0.717) is 37.3 Å². The number of carbonyl (C=O) groups is 2. The predicted molar refractivity (Wildman–Crippen MR) is 87.4 cm³/mol. The van der Waals surface area contributed by atoms with Gasteiger partial charge in [-0.05, 0) is 49.3 Å².